The molecule has 3 aromatic carbocycles. The van der Waals surface area contributed by atoms with Gasteiger partial charge in [0.15, 0.2) is 29.0 Å². The number of rotatable bonds is 6. The van der Waals surface area contributed by atoms with E-state index in [1.54, 1.807) is 6.92 Å². The Labute approximate surface area is 215 Å². The van der Waals surface area contributed by atoms with E-state index in [4.69, 9.17) is 4.74 Å². The van der Waals surface area contributed by atoms with Gasteiger partial charge in [0.25, 0.3) is 0 Å². The highest BCUT2D eigenvalue weighted by Crippen LogP contribution is 2.37. The predicted octanol–water partition coefficient (Wildman–Crippen LogP) is 6.91. The highest BCUT2D eigenvalue weighted by Gasteiger charge is 2.41. The van der Waals surface area contributed by atoms with Crippen LogP contribution in [0.2, 0.25) is 0 Å². The zero-order valence-corrected chi connectivity index (χ0v) is 19.6. The van der Waals surface area contributed by atoms with Gasteiger partial charge >= 0.3 is 6.11 Å². The van der Waals surface area contributed by atoms with Crippen LogP contribution < -0.4 is 9.47 Å². The van der Waals surface area contributed by atoms with Gasteiger partial charge in [0.1, 0.15) is 28.8 Å². The SMILES string of the molecule is CCOc1cnc(-c2cc(F)c(C(F)(F)Oc3ccc(C#Cc4cc(F)c(F)c(F)c4)c(F)c3)c(F)c2)nc1. The van der Waals surface area contributed by atoms with Gasteiger partial charge < -0.3 is 9.47 Å². The molecule has 0 bridgehead atoms. The largest absolute Gasteiger partial charge is 0.491 e. The van der Waals surface area contributed by atoms with Crippen molar-refractivity contribution in [3.05, 3.63) is 106 Å². The van der Waals surface area contributed by atoms with Gasteiger partial charge in [-0.1, -0.05) is 11.8 Å². The second kappa shape index (κ2) is 11.0. The van der Waals surface area contributed by atoms with E-state index < -0.39 is 57.9 Å². The Morgan fingerprint density at radius 3 is 1.92 bits per heavy atom. The lowest BCUT2D eigenvalue weighted by Crippen LogP contribution is -2.25. The van der Waals surface area contributed by atoms with Gasteiger partial charge in [0, 0.05) is 17.2 Å². The van der Waals surface area contributed by atoms with Crippen molar-refractivity contribution < 1.29 is 44.6 Å². The maximum Gasteiger partial charge on any atom is 0.432 e. The summed E-state index contributed by atoms with van der Waals surface area (Å²) in [7, 11) is 0. The molecule has 4 aromatic rings. The molecule has 0 saturated heterocycles. The van der Waals surface area contributed by atoms with Crippen molar-refractivity contribution in [2.45, 2.75) is 13.0 Å². The van der Waals surface area contributed by atoms with Crippen LogP contribution in [0.25, 0.3) is 11.4 Å². The van der Waals surface area contributed by atoms with Crippen LogP contribution in [0.3, 0.4) is 0 Å². The topological polar surface area (TPSA) is 44.2 Å². The number of alkyl halides is 2. The van der Waals surface area contributed by atoms with Crippen LogP contribution in [0.4, 0.5) is 35.1 Å². The van der Waals surface area contributed by atoms with Crippen LogP contribution >= 0.6 is 0 Å². The fourth-order valence-corrected chi connectivity index (χ4v) is 3.31. The Morgan fingerprint density at radius 1 is 0.744 bits per heavy atom. The molecular weight excluding hydrogens is 536 g/mol. The first-order valence-electron chi connectivity index (χ1n) is 11.0. The zero-order chi connectivity index (χ0) is 28.3. The average molecular weight is 550 g/mol. The molecule has 0 saturated carbocycles. The summed E-state index contributed by atoms with van der Waals surface area (Å²) in [6, 6.07) is 4.54. The van der Waals surface area contributed by atoms with Gasteiger partial charge in [-0.05, 0) is 43.3 Å². The van der Waals surface area contributed by atoms with Crippen molar-refractivity contribution in [1.82, 2.24) is 9.97 Å². The monoisotopic (exact) mass is 550 g/mol. The molecular formula is C27H14F8N2O2. The smallest absolute Gasteiger partial charge is 0.432 e. The number of halogens is 8. The molecule has 0 spiro atoms. The Balaban J connectivity index is 1.56. The van der Waals surface area contributed by atoms with Gasteiger partial charge in [-0.2, -0.15) is 8.78 Å². The molecule has 0 fully saturated rings. The van der Waals surface area contributed by atoms with Crippen molar-refractivity contribution in [3.63, 3.8) is 0 Å². The first-order valence-corrected chi connectivity index (χ1v) is 11.0. The highest BCUT2D eigenvalue weighted by molar-refractivity contribution is 5.56. The molecule has 0 N–H and O–H groups in total. The lowest BCUT2D eigenvalue weighted by molar-refractivity contribution is -0.189. The number of nitrogens with zero attached hydrogens (tertiary/aromatic N) is 2. The van der Waals surface area contributed by atoms with Gasteiger partial charge in [0.2, 0.25) is 0 Å². The number of hydrogen-bond donors (Lipinski definition) is 0. The van der Waals surface area contributed by atoms with Crippen LogP contribution in [0, 0.1) is 46.7 Å². The normalized spacial score (nSPS) is 11.1. The molecule has 12 heteroatoms. The third-order valence-corrected chi connectivity index (χ3v) is 5.04. The number of benzene rings is 3. The predicted molar refractivity (Wildman–Crippen MR) is 122 cm³/mol. The summed E-state index contributed by atoms with van der Waals surface area (Å²) in [6.07, 6.45) is -2.09. The summed E-state index contributed by atoms with van der Waals surface area (Å²) < 4.78 is 122. The zero-order valence-electron chi connectivity index (χ0n) is 19.6. The third-order valence-electron chi connectivity index (χ3n) is 5.04. The van der Waals surface area contributed by atoms with E-state index in [9.17, 15) is 35.1 Å². The van der Waals surface area contributed by atoms with Crippen molar-refractivity contribution in [2.24, 2.45) is 0 Å². The number of aromatic nitrogens is 2. The lowest BCUT2D eigenvalue weighted by Gasteiger charge is -2.20. The van der Waals surface area contributed by atoms with E-state index in [2.05, 4.69) is 26.5 Å². The van der Waals surface area contributed by atoms with E-state index in [-0.39, 0.29) is 17.0 Å². The molecule has 0 radical (unpaired) electrons. The Kier molecular flexibility index (Phi) is 7.71. The molecule has 0 atom stereocenters. The lowest BCUT2D eigenvalue weighted by atomic mass is 10.1. The van der Waals surface area contributed by atoms with Gasteiger partial charge in [0.05, 0.1) is 24.6 Å². The maximum absolute atomic E-state index is 14.7. The summed E-state index contributed by atoms with van der Waals surface area (Å²) in [5.74, 6) is -5.51. The van der Waals surface area contributed by atoms with Crippen molar-refractivity contribution >= 4 is 0 Å². The van der Waals surface area contributed by atoms with Gasteiger partial charge in [-0.15, -0.1) is 0 Å². The number of ether oxygens (including phenoxy) is 2. The van der Waals surface area contributed by atoms with Crippen molar-refractivity contribution in [2.75, 3.05) is 6.61 Å². The molecule has 4 rings (SSSR count). The Bertz CT molecular complexity index is 1550. The molecule has 0 aliphatic carbocycles. The second-order valence-corrected chi connectivity index (χ2v) is 7.75. The first kappa shape index (κ1) is 27.4. The first-order chi connectivity index (χ1) is 18.5. The molecule has 0 amide bonds. The Hall–Kier alpha value is -4.66. The van der Waals surface area contributed by atoms with Gasteiger partial charge in [-0.25, -0.2) is 36.3 Å². The van der Waals surface area contributed by atoms with E-state index in [0.717, 1.165) is 12.1 Å². The summed E-state index contributed by atoms with van der Waals surface area (Å²) in [5, 5.41) is 0. The molecule has 0 unspecified atom stereocenters. The summed E-state index contributed by atoms with van der Waals surface area (Å²) in [5.41, 5.74) is -2.68. The minimum absolute atomic E-state index is 0.156. The summed E-state index contributed by atoms with van der Waals surface area (Å²) in [4.78, 5) is 7.76. The molecule has 39 heavy (non-hydrogen) atoms. The minimum Gasteiger partial charge on any atom is -0.491 e. The minimum atomic E-state index is -4.57. The second-order valence-electron chi connectivity index (χ2n) is 7.75. The van der Waals surface area contributed by atoms with Crippen molar-refractivity contribution in [3.8, 4) is 34.7 Å². The fourth-order valence-electron chi connectivity index (χ4n) is 3.31. The maximum atomic E-state index is 14.7. The quantitative estimate of drug-likeness (QED) is 0.149. The standard InChI is InChI=1S/C27H14F8N2O2/c1-2-38-18-12-36-26(37-13-18)16-9-20(29)24(21(30)10-16)27(34,35)39-17-6-5-15(19(28)11-17)4-3-14-7-22(31)25(33)23(32)8-14/h5-13H,2H2,1H3. The van der Waals surface area contributed by atoms with Gasteiger partial charge in [-0.3, -0.25) is 0 Å². The summed E-state index contributed by atoms with van der Waals surface area (Å²) in [6.45, 7) is 2.05. The van der Waals surface area contributed by atoms with Crippen LogP contribution in [-0.2, 0) is 6.11 Å². The van der Waals surface area contributed by atoms with Crippen LogP contribution in [0.5, 0.6) is 11.5 Å². The summed E-state index contributed by atoms with van der Waals surface area (Å²) >= 11 is 0. The number of hydrogen-bond acceptors (Lipinski definition) is 4. The van der Waals surface area contributed by atoms with E-state index in [1.807, 2.05) is 0 Å². The van der Waals surface area contributed by atoms with E-state index in [0.29, 0.717) is 42.7 Å². The van der Waals surface area contributed by atoms with Crippen LogP contribution in [-0.4, -0.2) is 16.6 Å². The average Bonchev–Trinajstić information content (AvgIpc) is 2.86. The van der Waals surface area contributed by atoms with E-state index >= 15 is 0 Å². The van der Waals surface area contributed by atoms with Crippen molar-refractivity contribution in [1.29, 1.82) is 0 Å². The molecule has 0 aliphatic rings. The third kappa shape index (κ3) is 6.09. The molecule has 4 nitrogen and oxygen atoms in total. The Morgan fingerprint density at radius 2 is 1.36 bits per heavy atom. The molecule has 1 heterocycles. The van der Waals surface area contributed by atoms with Crippen LogP contribution in [0.1, 0.15) is 23.6 Å². The fraction of sp³-hybridized carbons (Fsp3) is 0.111. The van der Waals surface area contributed by atoms with Crippen LogP contribution in [0.15, 0.2) is 54.9 Å². The van der Waals surface area contributed by atoms with E-state index in [1.165, 1.54) is 12.4 Å². The molecule has 200 valence electrons. The molecule has 1 aromatic heterocycles. The highest BCUT2D eigenvalue weighted by atomic mass is 19.3. The molecule has 0 aliphatic heterocycles.